The normalized spacial score (nSPS) is 23.2. The number of H-pyrrole nitrogens is 1. The summed E-state index contributed by atoms with van der Waals surface area (Å²) in [6, 6.07) is 0. The second kappa shape index (κ2) is 3.67. The van der Waals surface area contributed by atoms with Gasteiger partial charge in [-0.05, 0) is 31.8 Å². The molecule has 1 aliphatic rings. The predicted octanol–water partition coefficient (Wildman–Crippen LogP) is 0.347. The molecule has 0 aliphatic carbocycles. The van der Waals surface area contributed by atoms with Crippen LogP contribution in [0.5, 0.6) is 0 Å². The fourth-order valence-corrected chi connectivity index (χ4v) is 1.65. The number of hydrogen-bond acceptors (Lipinski definition) is 3. The van der Waals surface area contributed by atoms with Crippen LogP contribution in [-0.4, -0.2) is 28.3 Å². The van der Waals surface area contributed by atoms with Gasteiger partial charge in [-0.1, -0.05) is 0 Å². The zero-order chi connectivity index (χ0) is 8.23. The molecule has 0 radical (unpaired) electrons. The molecular formula is C8H14N4. The fraction of sp³-hybridized carbons (Fsp3) is 0.750. The number of aryl methyl sites for hydroxylation is 1. The minimum absolute atomic E-state index is 0.843. The molecule has 1 fully saturated rings. The first-order chi connectivity index (χ1) is 5.95. The molecule has 2 heterocycles. The summed E-state index contributed by atoms with van der Waals surface area (Å²) < 4.78 is 0. The topological polar surface area (TPSA) is 53.6 Å². The Bertz CT molecular complexity index is 213. The van der Waals surface area contributed by atoms with E-state index in [0.29, 0.717) is 0 Å². The van der Waals surface area contributed by atoms with Gasteiger partial charge >= 0.3 is 0 Å². The first-order valence-corrected chi connectivity index (χ1v) is 4.50. The van der Waals surface area contributed by atoms with Gasteiger partial charge in [0.15, 0.2) is 0 Å². The van der Waals surface area contributed by atoms with Crippen molar-refractivity contribution in [3.05, 3.63) is 12.2 Å². The van der Waals surface area contributed by atoms with Crippen molar-refractivity contribution in [1.29, 1.82) is 0 Å². The summed E-state index contributed by atoms with van der Waals surface area (Å²) >= 11 is 0. The van der Waals surface area contributed by atoms with Crippen molar-refractivity contribution in [2.24, 2.45) is 5.92 Å². The Morgan fingerprint density at radius 2 is 2.58 bits per heavy atom. The van der Waals surface area contributed by atoms with E-state index in [1.165, 1.54) is 25.9 Å². The maximum Gasteiger partial charge on any atom is 0.137 e. The van der Waals surface area contributed by atoms with Crippen LogP contribution in [0.15, 0.2) is 6.33 Å². The van der Waals surface area contributed by atoms with Gasteiger partial charge in [-0.3, -0.25) is 5.10 Å². The van der Waals surface area contributed by atoms with E-state index < -0.39 is 0 Å². The minimum Gasteiger partial charge on any atom is -0.316 e. The third-order valence-electron chi connectivity index (χ3n) is 2.42. The molecule has 1 aliphatic heterocycles. The highest BCUT2D eigenvalue weighted by Gasteiger charge is 2.14. The lowest BCUT2D eigenvalue weighted by atomic mass is 10.0. The molecule has 2 N–H and O–H groups in total. The van der Waals surface area contributed by atoms with E-state index in [1.807, 2.05) is 0 Å². The standard InChI is InChI=1S/C8H14N4/c1(7-3-4-9-5-7)2-8-10-6-11-12-8/h6-7,9H,1-5H2,(H,10,11,12). The molecule has 0 aromatic carbocycles. The van der Waals surface area contributed by atoms with Crippen molar-refractivity contribution >= 4 is 0 Å². The molecule has 0 saturated carbocycles. The zero-order valence-corrected chi connectivity index (χ0v) is 7.08. The van der Waals surface area contributed by atoms with Crippen molar-refractivity contribution < 1.29 is 0 Å². The summed E-state index contributed by atoms with van der Waals surface area (Å²) in [4.78, 5) is 4.09. The average molecular weight is 166 g/mol. The van der Waals surface area contributed by atoms with E-state index in [0.717, 1.165) is 18.2 Å². The highest BCUT2D eigenvalue weighted by atomic mass is 15.2. The lowest BCUT2D eigenvalue weighted by Gasteiger charge is -2.04. The van der Waals surface area contributed by atoms with Crippen molar-refractivity contribution in [2.45, 2.75) is 19.3 Å². The van der Waals surface area contributed by atoms with Gasteiger partial charge in [0.05, 0.1) is 0 Å². The third kappa shape index (κ3) is 1.82. The largest absolute Gasteiger partial charge is 0.316 e. The summed E-state index contributed by atoms with van der Waals surface area (Å²) in [5.74, 6) is 1.86. The van der Waals surface area contributed by atoms with E-state index in [4.69, 9.17) is 0 Å². The quantitative estimate of drug-likeness (QED) is 0.681. The van der Waals surface area contributed by atoms with Gasteiger partial charge in [0, 0.05) is 6.42 Å². The molecule has 1 aromatic heterocycles. The zero-order valence-electron chi connectivity index (χ0n) is 7.08. The number of aromatic amines is 1. The second-order valence-electron chi connectivity index (χ2n) is 3.33. The molecule has 0 bridgehead atoms. The Hall–Kier alpha value is -0.900. The summed E-state index contributed by atoms with van der Waals surface area (Å²) in [5.41, 5.74) is 0. The monoisotopic (exact) mass is 166 g/mol. The Morgan fingerprint density at radius 1 is 1.58 bits per heavy atom. The highest BCUT2D eigenvalue weighted by Crippen LogP contribution is 2.13. The first-order valence-electron chi connectivity index (χ1n) is 4.50. The van der Waals surface area contributed by atoms with E-state index in [2.05, 4.69) is 20.5 Å². The molecule has 1 aromatic rings. The van der Waals surface area contributed by atoms with E-state index in [1.54, 1.807) is 6.33 Å². The van der Waals surface area contributed by atoms with E-state index >= 15 is 0 Å². The summed E-state index contributed by atoms with van der Waals surface area (Å²) in [6.45, 7) is 2.36. The van der Waals surface area contributed by atoms with Crippen LogP contribution in [0.2, 0.25) is 0 Å². The molecule has 1 unspecified atom stereocenters. The molecule has 66 valence electrons. The van der Waals surface area contributed by atoms with Crippen LogP contribution in [0.4, 0.5) is 0 Å². The van der Waals surface area contributed by atoms with Crippen LogP contribution >= 0.6 is 0 Å². The Morgan fingerprint density at radius 3 is 3.25 bits per heavy atom. The third-order valence-corrected chi connectivity index (χ3v) is 2.42. The lowest BCUT2D eigenvalue weighted by molar-refractivity contribution is 0.525. The van der Waals surface area contributed by atoms with Gasteiger partial charge in [0.1, 0.15) is 12.2 Å². The van der Waals surface area contributed by atoms with Crippen LogP contribution in [-0.2, 0) is 6.42 Å². The van der Waals surface area contributed by atoms with Crippen LogP contribution in [0.3, 0.4) is 0 Å². The van der Waals surface area contributed by atoms with Crippen molar-refractivity contribution in [1.82, 2.24) is 20.5 Å². The van der Waals surface area contributed by atoms with Crippen LogP contribution in [0.25, 0.3) is 0 Å². The molecule has 1 atom stereocenters. The Balaban J connectivity index is 1.74. The number of aromatic nitrogens is 3. The van der Waals surface area contributed by atoms with Crippen LogP contribution < -0.4 is 5.32 Å². The smallest absolute Gasteiger partial charge is 0.137 e. The van der Waals surface area contributed by atoms with E-state index in [9.17, 15) is 0 Å². The van der Waals surface area contributed by atoms with Crippen LogP contribution in [0, 0.1) is 5.92 Å². The molecule has 4 heteroatoms. The molecule has 12 heavy (non-hydrogen) atoms. The number of hydrogen-bond donors (Lipinski definition) is 2. The maximum absolute atomic E-state index is 4.09. The summed E-state index contributed by atoms with van der Waals surface area (Å²) in [6.07, 6.45) is 5.14. The molecule has 4 nitrogen and oxygen atoms in total. The van der Waals surface area contributed by atoms with Crippen molar-refractivity contribution in [3.8, 4) is 0 Å². The highest BCUT2D eigenvalue weighted by molar-refractivity contribution is 4.82. The average Bonchev–Trinajstić information content (AvgIpc) is 2.74. The molecule has 0 spiro atoms. The molecular weight excluding hydrogens is 152 g/mol. The van der Waals surface area contributed by atoms with Gasteiger partial charge < -0.3 is 5.32 Å². The SMILES string of the molecule is c1n[nH]c(CCC2CCNC2)n1. The van der Waals surface area contributed by atoms with Gasteiger partial charge in [-0.25, -0.2) is 4.98 Å². The second-order valence-corrected chi connectivity index (χ2v) is 3.33. The van der Waals surface area contributed by atoms with E-state index in [-0.39, 0.29) is 0 Å². The number of rotatable bonds is 3. The predicted molar refractivity (Wildman–Crippen MR) is 45.7 cm³/mol. The van der Waals surface area contributed by atoms with Crippen LogP contribution in [0.1, 0.15) is 18.7 Å². The molecule has 0 amide bonds. The molecule has 1 saturated heterocycles. The first kappa shape index (κ1) is 7.73. The summed E-state index contributed by atoms with van der Waals surface area (Å²) in [7, 11) is 0. The van der Waals surface area contributed by atoms with Gasteiger partial charge in [-0.15, -0.1) is 0 Å². The Kier molecular flexibility index (Phi) is 2.36. The lowest BCUT2D eigenvalue weighted by Crippen LogP contribution is -2.09. The maximum atomic E-state index is 4.09. The Labute approximate surface area is 71.8 Å². The number of nitrogens with zero attached hydrogens (tertiary/aromatic N) is 2. The summed E-state index contributed by atoms with van der Waals surface area (Å²) in [5, 5.41) is 10.1. The minimum atomic E-state index is 0.843. The van der Waals surface area contributed by atoms with Crippen molar-refractivity contribution in [3.63, 3.8) is 0 Å². The number of nitrogens with one attached hydrogen (secondary N) is 2. The van der Waals surface area contributed by atoms with Gasteiger partial charge in [0.25, 0.3) is 0 Å². The fourth-order valence-electron chi connectivity index (χ4n) is 1.65. The van der Waals surface area contributed by atoms with Gasteiger partial charge in [-0.2, -0.15) is 5.10 Å². The van der Waals surface area contributed by atoms with Crippen molar-refractivity contribution in [2.75, 3.05) is 13.1 Å². The molecule has 2 rings (SSSR count). The van der Waals surface area contributed by atoms with Gasteiger partial charge in [0.2, 0.25) is 0 Å².